The van der Waals surface area contributed by atoms with Crippen molar-refractivity contribution in [2.75, 3.05) is 7.05 Å². The van der Waals surface area contributed by atoms with E-state index in [2.05, 4.69) is 17.2 Å². The van der Waals surface area contributed by atoms with Crippen LogP contribution in [-0.2, 0) is 11.3 Å². The highest BCUT2D eigenvalue weighted by atomic mass is 16.5. The molecule has 5 nitrogen and oxygen atoms in total. The maximum absolute atomic E-state index is 12.4. The fraction of sp³-hybridized carbons (Fsp3) is 0.192. The summed E-state index contributed by atoms with van der Waals surface area (Å²) in [5.41, 5.74) is 9.27. The SMILES string of the molecule is CN(C(C#Cc1ccccc1)c1ccccc1)C(C)(N)NC(=O)OCc1ccccc1. The summed E-state index contributed by atoms with van der Waals surface area (Å²) in [5, 5.41) is 2.75. The molecule has 0 saturated carbocycles. The minimum absolute atomic E-state index is 0.169. The van der Waals surface area contributed by atoms with Gasteiger partial charge in [0.25, 0.3) is 0 Å². The molecule has 2 unspecified atom stereocenters. The van der Waals surface area contributed by atoms with Gasteiger partial charge in [0.2, 0.25) is 0 Å². The van der Waals surface area contributed by atoms with Gasteiger partial charge in [-0.2, -0.15) is 0 Å². The van der Waals surface area contributed by atoms with Crippen molar-refractivity contribution in [1.82, 2.24) is 10.2 Å². The first-order valence-electron chi connectivity index (χ1n) is 10.1. The highest BCUT2D eigenvalue weighted by Crippen LogP contribution is 2.23. The van der Waals surface area contributed by atoms with E-state index < -0.39 is 11.9 Å². The third-order valence-electron chi connectivity index (χ3n) is 4.93. The average molecular weight is 414 g/mol. The fourth-order valence-electron chi connectivity index (χ4n) is 3.03. The summed E-state index contributed by atoms with van der Waals surface area (Å²) in [7, 11) is 1.83. The Kier molecular flexibility index (Phi) is 7.45. The van der Waals surface area contributed by atoms with Crippen LogP contribution in [0.2, 0.25) is 0 Å². The lowest BCUT2D eigenvalue weighted by molar-refractivity contribution is 0.0633. The Morgan fingerprint density at radius 3 is 2.16 bits per heavy atom. The summed E-state index contributed by atoms with van der Waals surface area (Å²) in [4.78, 5) is 14.2. The Morgan fingerprint density at radius 1 is 1.00 bits per heavy atom. The van der Waals surface area contributed by atoms with Gasteiger partial charge in [0, 0.05) is 5.56 Å². The van der Waals surface area contributed by atoms with Crippen LogP contribution in [0.1, 0.15) is 29.7 Å². The van der Waals surface area contributed by atoms with Gasteiger partial charge in [-0.05, 0) is 37.2 Å². The van der Waals surface area contributed by atoms with E-state index in [0.717, 1.165) is 16.7 Å². The number of hydrogen-bond acceptors (Lipinski definition) is 4. The second-order valence-electron chi connectivity index (χ2n) is 7.39. The molecule has 0 radical (unpaired) electrons. The topological polar surface area (TPSA) is 67.6 Å². The van der Waals surface area contributed by atoms with Crippen LogP contribution in [0.25, 0.3) is 0 Å². The van der Waals surface area contributed by atoms with Crippen LogP contribution < -0.4 is 11.1 Å². The first-order chi connectivity index (χ1) is 15.0. The Bertz CT molecular complexity index is 1030. The van der Waals surface area contributed by atoms with Crippen LogP contribution in [-0.4, -0.2) is 23.8 Å². The van der Waals surface area contributed by atoms with Gasteiger partial charge >= 0.3 is 6.09 Å². The minimum Gasteiger partial charge on any atom is -0.445 e. The van der Waals surface area contributed by atoms with Crippen LogP contribution in [0.15, 0.2) is 91.0 Å². The molecule has 0 aromatic heterocycles. The summed E-state index contributed by atoms with van der Waals surface area (Å²) in [6, 6.07) is 28.7. The number of nitrogens with zero attached hydrogens (tertiary/aromatic N) is 1. The number of hydrogen-bond donors (Lipinski definition) is 2. The van der Waals surface area contributed by atoms with E-state index in [1.165, 1.54) is 0 Å². The van der Waals surface area contributed by atoms with Crippen molar-refractivity contribution in [2.45, 2.75) is 25.4 Å². The summed E-state index contributed by atoms with van der Waals surface area (Å²) in [6.07, 6.45) is -0.594. The number of amides is 1. The molecule has 0 bridgehead atoms. The average Bonchev–Trinajstić information content (AvgIpc) is 2.79. The van der Waals surface area contributed by atoms with Crippen molar-refractivity contribution in [3.63, 3.8) is 0 Å². The van der Waals surface area contributed by atoms with Gasteiger partial charge in [0.05, 0.1) is 6.04 Å². The monoisotopic (exact) mass is 413 g/mol. The number of rotatable bonds is 6. The molecule has 3 rings (SSSR count). The molecule has 0 aliphatic carbocycles. The van der Waals surface area contributed by atoms with Gasteiger partial charge in [0.1, 0.15) is 12.4 Å². The van der Waals surface area contributed by atoms with E-state index in [0.29, 0.717) is 0 Å². The van der Waals surface area contributed by atoms with Gasteiger partial charge < -0.3 is 4.74 Å². The molecule has 0 fully saturated rings. The molecule has 0 heterocycles. The molecular formula is C26H27N3O2. The molecule has 3 N–H and O–H groups in total. The fourth-order valence-corrected chi connectivity index (χ4v) is 3.03. The van der Waals surface area contributed by atoms with Gasteiger partial charge in [0.15, 0.2) is 0 Å². The van der Waals surface area contributed by atoms with Crippen LogP contribution in [0, 0.1) is 11.8 Å². The van der Waals surface area contributed by atoms with E-state index in [9.17, 15) is 4.79 Å². The van der Waals surface area contributed by atoms with E-state index in [1.807, 2.05) is 103 Å². The van der Waals surface area contributed by atoms with Crippen molar-refractivity contribution < 1.29 is 9.53 Å². The van der Waals surface area contributed by atoms with Crippen LogP contribution in [0.3, 0.4) is 0 Å². The predicted molar refractivity (Wildman–Crippen MR) is 123 cm³/mol. The van der Waals surface area contributed by atoms with Crippen molar-refractivity contribution >= 4 is 6.09 Å². The number of benzene rings is 3. The second-order valence-corrected chi connectivity index (χ2v) is 7.39. The number of nitrogens with one attached hydrogen (secondary N) is 1. The summed E-state index contributed by atoms with van der Waals surface area (Å²) in [5.74, 6) is 5.30. The molecule has 158 valence electrons. The number of alkyl carbamates (subject to hydrolysis) is 1. The molecule has 5 heteroatoms. The van der Waals surface area contributed by atoms with Crippen molar-refractivity contribution in [3.8, 4) is 11.8 Å². The smallest absolute Gasteiger partial charge is 0.409 e. The van der Waals surface area contributed by atoms with Gasteiger partial charge in [-0.1, -0.05) is 90.7 Å². The molecule has 0 aliphatic rings. The Morgan fingerprint density at radius 2 is 1.55 bits per heavy atom. The predicted octanol–water partition coefficient (Wildman–Crippen LogP) is 4.27. The second kappa shape index (κ2) is 10.4. The standard InChI is InChI=1S/C26H27N3O2/c1-26(27,28-25(30)31-20-22-14-8-4-9-15-22)29(2)24(23-16-10-5-11-17-23)19-18-21-12-6-3-7-13-21/h3-17,24H,20,27H2,1-2H3,(H,28,30). The summed E-state index contributed by atoms with van der Waals surface area (Å²) in [6.45, 7) is 1.89. The molecule has 0 saturated heterocycles. The minimum atomic E-state index is -1.19. The largest absolute Gasteiger partial charge is 0.445 e. The maximum atomic E-state index is 12.4. The number of ether oxygens (including phenoxy) is 1. The lowest BCUT2D eigenvalue weighted by Crippen LogP contribution is -2.64. The highest BCUT2D eigenvalue weighted by Gasteiger charge is 2.32. The third-order valence-corrected chi connectivity index (χ3v) is 4.93. The number of carbonyl (C=O) groups excluding carboxylic acids is 1. The maximum Gasteiger partial charge on any atom is 0.409 e. The Balaban J connectivity index is 1.75. The van der Waals surface area contributed by atoms with E-state index >= 15 is 0 Å². The van der Waals surface area contributed by atoms with E-state index in [-0.39, 0.29) is 12.6 Å². The molecule has 0 aliphatic heterocycles. The lowest BCUT2D eigenvalue weighted by atomic mass is 10.0. The van der Waals surface area contributed by atoms with Crippen molar-refractivity contribution in [1.29, 1.82) is 0 Å². The zero-order valence-corrected chi connectivity index (χ0v) is 17.8. The Hall–Kier alpha value is -3.59. The molecule has 31 heavy (non-hydrogen) atoms. The summed E-state index contributed by atoms with van der Waals surface area (Å²) >= 11 is 0. The van der Waals surface area contributed by atoms with Gasteiger partial charge in [-0.3, -0.25) is 16.0 Å². The van der Waals surface area contributed by atoms with Gasteiger partial charge in [-0.25, -0.2) is 4.79 Å². The molecule has 3 aromatic rings. The van der Waals surface area contributed by atoms with E-state index in [4.69, 9.17) is 10.5 Å². The molecule has 3 aromatic carbocycles. The molecule has 2 atom stereocenters. The van der Waals surface area contributed by atoms with Crippen LogP contribution >= 0.6 is 0 Å². The van der Waals surface area contributed by atoms with Crippen molar-refractivity contribution in [2.24, 2.45) is 5.73 Å². The first-order valence-corrected chi connectivity index (χ1v) is 10.1. The van der Waals surface area contributed by atoms with Gasteiger partial charge in [-0.15, -0.1) is 0 Å². The Labute approximate surface area is 183 Å². The molecular weight excluding hydrogens is 386 g/mol. The summed E-state index contributed by atoms with van der Waals surface area (Å²) < 4.78 is 5.34. The number of carbonyl (C=O) groups is 1. The van der Waals surface area contributed by atoms with Crippen LogP contribution in [0.4, 0.5) is 4.79 Å². The zero-order chi connectivity index (χ0) is 22.1. The normalized spacial score (nSPS) is 13.4. The highest BCUT2D eigenvalue weighted by molar-refractivity contribution is 5.68. The quantitative estimate of drug-likeness (QED) is 0.468. The van der Waals surface area contributed by atoms with Crippen molar-refractivity contribution in [3.05, 3.63) is 108 Å². The van der Waals surface area contributed by atoms with E-state index in [1.54, 1.807) is 6.92 Å². The molecule has 1 amide bonds. The van der Waals surface area contributed by atoms with Crippen LogP contribution in [0.5, 0.6) is 0 Å². The lowest BCUT2D eigenvalue weighted by Gasteiger charge is -2.39. The first kappa shape index (κ1) is 22.1. The third kappa shape index (κ3) is 6.45. The number of nitrogens with two attached hydrogens (primary N) is 1. The molecule has 0 spiro atoms. The zero-order valence-electron chi connectivity index (χ0n) is 17.8.